The van der Waals surface area contributed by atoms with E-state index in [4.69, 9.17) is 0 Å². The van der Waals surface area contributed by atoms with Crippen molar-refractivity contribution in [1.29, 1.82) is 5.26 Å². The van der Waals surface area contributed by atoms with Crippen LogP contribution in [0.2, 0.25) is 0 Å². The Morgan fingerprint density at radius 3 is 2.33 bits per heavy atom. The van der Waals surface area contributed by atoms with Crippen molar-refractivity contribution in [3.8, 4) is 6.07 Å². The fourth-order valence-corrected chi connectivity index (χ4v) is 3.50. The number of aromatic nitrogens is 1. The summed E-state index contributed by atoms with van der Waals surface area (Å²) >= 11 is 1.36. The van der Waals surface area contributed by atoms with Gasteiger partial charge in [0, 0.05) is 16.8 Å². The molecule has 0 atom stereocenters. The van der Waals surface area contributed by atoms with Crippen LogP contribution in [0.5, 0.6) is 0 Å². The molecular formula is C15H14N2O2S2. The van der Waals surface area contributed by atoms with E-state index in [1.165, 1.54) is 18.0 Å². The molecular weight excluding hydrogens is 304 g/mol. The van der Waals surface area contributed by atoms with Gasteiger partial charge in [-0.25, -0.2) is 13.4 Å². The van der Waals surface area contributed by atoms with Crippen LogP contribution in [0, 0.1) is 25.2 Å². The van der Waals surface area contributed by atoms with Gasteiger partial charge in [0.25, 0.3) is 0 Å². The molecule has 2 rings (SSSR count). The first-order valence-corrected chi connectivity index (χ1v) is 8.88. The number of hydrogen-bond donors (Lipinski definition) is 0. The second-order valence-electron chi connectivity index (χ2n) is 4.72. The molecule has 0 saturated heterocycles. The summed E-state index contributed by atoms with van der Waals surface area (Å²) in [6.45, 7) is 3.76. The lowest BCUT2D eigenvalue weighted by Gasteiger charge is -2.07. The molecule has 0 aliphatic rings. The zero-order valence-electron chi connectivity index (χ0n) is 11.9. The van der Waals surface area contributed by atoms with Crippen LogP contribution in [0.25, 0.3) is 0 Å². The van der Waals surface area contributed by atoms with E-state index in [1.54, 1.807) is 24.3 Å². The zero-order chi connectivity index (χ0) is 15.6. The molecule has 0 radical (unpaired) electrons. The summed E-state index contributed by atoms with van der Waals surface area (Å²) in [6, 6.07) is 10.6. The molecule has 21 heavy (non-hydrogen) atoms. The van der Waals surface area contributed by atoms with E-state index < -0.39 is 9.84 Å². The van der Waals surface area contributed by atoms with Gasteiger partial charge < -0.3 is 0 Å². The third-order valence-electron chi connectivity index (χ3n) is 2.89. The Hall–Kier alpha value is -1.84. The second kappa shape index (κ2) is 5.88. The third-order valence-corrected chi connectivity index (χ3v) is 5.01. The maximum atomic E-state index is 11.4. The summed E-state index contributed by atoms with van der Waals surface area (Å²) in [6.07, 6.45) is 1.18. The molecule has 0 N–H and O–H groups in total. The highest BCUT2D eigenvalue weighted by Crippen LogP contribution is 2.31. The Labute approximate surface area is 128 Å². The molecule has 1 heterocycles. The van der Waals surface area contributed by atoms with Gasteiger partial charge in [-0.15, -0.1) is 0 Å². The first-order chi connectivity index (χ1) is 9.81. The largest absolute Gasteiger partial charge is 0.245 e. The van der Waals surface area contributed by atoms with E-state index in [1.807, 2.05) is 19.9 Å². The molecule has 0 aliphatic carbocycles. The Morgan fingerprint density at radius 1 is 1.19 bits per heavy atom. The number of sulfone groups is 1. The average Bonchev–Trinajstić information content (AvgIpc) is 2.38. The van der Waals surface area contributed by atoms with Gasteiger partial charge in [0.15, 0.2) is 9.84 Å². The van der Waals surface area contributed by atoms with Gasteiger partial charge in [0.1, 0.15) is 11.1 Å². The molecule has 1 aromatic heterocycles. The minimum Gasteiger partial charge on any atom is -0.245 e. The molecule has 2 aromatic rings. The average molecular weight is 318 g/mol. The number of benzene rings is 1. The highest BCUT2D eigenvalue weighted by Gasteiger charge is 2.11. The predicted molar refractivity (Wildman–Crippen MR) is 82.1 cm³/mol. The Balaban J connectivity index is 2.37. The van der Waals surface area contributed by atoms with Crippen LogP contribution in [0.1, 0.15) is 16.8 Å². The molecule has 0 fully saturated rings. The summed E-state index contributed by atoms with van der Waals surface area (Å²) < 4.78 is 22.9. The van der Waals surface area contributed by atoms with Crippen LogP contribution in [0.3, 0.4) is 0 Å². The summed E-state index contributed by atoms with van der Waals surface area (Å²) in [7, 11) is -3.20. The second-order valence-corrected chi connectivity index (χ2v) is 7.80. The van der Waals surface area contributed by atoms with Gasteiger partial charge in [-0.1, -0.05) is 11.8 Å². The molecule has 0 amide bonds. The van der Waals surface area contributed by atoms with Gasteiger partial charge in [-0.3, -0.25) is 0 Å². The Bertz CT molecular complexity index is 820. The van der Waals surface area contributed by atoms with Crippen molar-refractivity contribution in [1.82, 2.24) is 4.98 Å². The van der Waals surface area contributed by atoms with Crippen LogP contribution >= 0.6 is 11.8 Å². The molecule has 0 spiro atoms. The molecule has 0 unspecified atom stereocenters. The highest BCUT2D eigenvalue weighted by atomic mass is 32.2. The number of hydrogen-bond acceptors (Lipinski definition) is 5. The van der Waals surface area contributed by atoms with E-state index in [2.05, 4.69) is 11.1 Å². The first kappa shape index (κ1) is 15.5. The van der Waals surface area contributed by atoms with E-state index in [-0.39, 0.29) is 4.90 Å². The molecule has 1 aromatic carbocycles. The van der Waals surface area contributed by atoms with Crippen LogP contribution in [0.4, 0.5) is 0 Å². The van der Waals surface area contributed by atoms with Gasteiger partial charge >= 0.3 is 0 Å². The van der Waals surface area contributed by atoms with Crippen molar-refractivity contribution in [2.75, 3.05) is 6.26 Å². The summed E-state index contributed by atoms with van der Waals surface area (Å²) in [5.74, 6) is 0. The lowest BCUT2D eigenvalue weighted by atomic mass is 10.1. The number of rotatable bonds is 3. The molecule has 6 heteroatoms. The number of nitriles is 1. The maximum Gasteiger partial charge on any atom is 0.175 e. The van der Waals surface area contributed by atoms with E-state index >= 15 is 0 Å². The predicted octanol–water partition coefficient (Wildman–Crippen LogP) is 3.12. The molecule has 0 aliphatic heterocycles. The number of pyridine rings is 1. The number of nitrogens with zero attached hydrogens (tertiary/aromatic N) is 2. The summed E-state index contributed by atoms with van der Waals surface area (Å²) in [5.41, 5.74) is 2.29. The SMILES string of the molecule is Cc1cc(C)c(C#N)c(Sc2ccc(S(C)(=O)=O)cc2)n1. The highest BCUT2D eigenvalue weighted by molar-refractivity contribution is 7.99. The molecule has 0 bridgehead atoms. The smallest absolute Gasteiger partial charge is 0.175 e. The Kier molecular flexibility index (Phi) is 4.35. The van der Waals surface area contributed by atoms with Crippen molar-refractivity contribution in [3.63, 3.8) is 0 Å². The van der Waals surface area contributed by atoms with Crippen molar-refractivity contribution >= 4 is 21.6 Å². The lowest BCUT2D eigenvalue weighted by Crippen LogP contribution is -1.96. The number of aryl methyl sites for hydroxylation is 2. The quantitative estimate of drug-likeness (QED) is 0.869. The van der Waals surface area contributed by atoms with E-state index in [9.17, 15) is 13.7 Å². The van der Waals surface area contributed by atoms with Gasteiger partial charge in [-0.2, -0.15) is 5.26 Å². The van der Waals surface area contributed by atoms with Gasteiger partial charge in [0.2, 0.25) is 0 Å². The summed E-state index contributed by atoms with van der Waals surface area (Å²) in [5, 5.41) is 9.88. The van der Waals surface area contributed by atoms with Gasteiger partial charge in [0.05, 0.1) is 10.5 Å². The molecule has 4 nitrogen and oxygen atoms in total. The normalized spacial score (nSPS) is 11.1. The topological polar surface area (TPSA) is 70.8 Å². The fourth-order valence-electron chi connectivity index (χ4n) is 1.88. The first-order valence-electron chi connectivity index (χ1n) is 6.17. The third kappa shape index (κ3) is 3.63. The van der Waals surface area contributed by atoms with Crippen molar-refractivity contribution in [2.24, 2.45) is 0 Å². The minimum atomic E-state index is -3.20. The standard InChI is InChI=1S/C15H14N2O2S2/c1-10-8-11(2)17-15(14(10)9-16)20-12-4-6-13(7-5-12)21(3,18)19/h4-8H,1-3H3. The monoisotopic (exact) mass is 318 g/mol. The van der Waals surface area contributed by atoms with Crippen molar-refractivity contribution in [3.05, 3.63) is 47.2 Å². The minimum absolute atomic E-state index is 0.278. The van der Waals surface area contributed by atoms with E-state index in [0.29, 0.717) is 10.6 Å². The van der Waals surface area contributed by atoms with E-state index in [0.717, 1.165) is 16.2 Å². The molecule has 0 saturated carbocycles. The molecule has 108 valence electrons. The Morgan fingerprint density at radius 2 is 1.81 bits per heavy atom. The van der Waals surface area contributed by atoms with Crippen LogP contribution < -0.4 is 0 Å². The summed E-state index contributed by atoms with van der Waals surface area (Å²) in [4.78, 5) is 5.52. The van der Waals surface area contributed by atoms with Crippen LogP contribution in [-0.4, -0.2) is 19.7 Å². The zero-order valence-corrected chi connectivity index (χ0v) is 13.5. The fraction of sp³-hybridized carbons (Fsp3) is 0.200. The van der Waals surface area contributed by atoms with Crippen LogP contribution in [-0.2, 0) is 9.84 Å². The van der Waals surface area contributed by atoms with Crippen molar-refractivity contribution in [2.45, 2.75) is 28.7 Å². The van der Waals surface area contributed by atoms with Gasteiger partial charge in [-0.05, 0) is 49.7 Å². The van der Waals surface area contributed by atoms with Crippen LogP contribution in [0.15, 0.2) is 45.1 Å². The lowest BCUT2D eigenvalue weighted by molar-refractivity contribution is 0.602. The maximum absolute atomic E-state index is 11.4. The van der Waals surface area contributed by atoms with Crippen molar-refractivity contribution < 1.29 is 8.42 Å².